The molecular formula is C18H23FN2O4. The van der Waals surface area contributed by atoms with Crippen LogP contribution in [-0.4, -0.2) is 41.7 Å². The summed E-state index contributed by atoms with van der Waals surface area (Å²) < 4.78 is 19.3. The molecule has 1 saturated heterocycles. The summed E-state index contributed by atoms with van der Waals surface area (Å²) in [7, 11) is 0. The lowest BCUT2D eigenvalue weighted by Gasteiger charge is -2.35. The van der Waals surface area contributed by atoms with Gasteiger partial charge in [0, 0.05) is 18.7 Å². The van der Waals surface area contributed by atoms with Crippen molar-refractivity contribution in [1.82, 2.24) is 10.2 Å². The van der Waals surface area contributed by atoms with Crippen molar-refractivity contribution in [2.24, 2.45) is 11.8 Å². The number of urea groups is 1. The van der Waals surface area contributed by atoms with E-state index >= 15 is 0 Å². The number of carbonyl (C=O) groups is 2. The molecule has 0 aliphatic carbocycles. The van der Waals surface area contributed by atoms with Gasteiger partial charge in [0.15, 0.2) is 0 Å². The molecule has 0 radical (unpaired) electrons. The van der Waals surface area contributed by atoms with Gasteiger partial charge in [-0.25, -0.2) is 9.18 Å². The molecule has 3 atom stereocenters. The number of benzene rings is 1. The number of carbonyl (C=O) groups excluding carboxylic acids is 1. The van der Waals surface area contributed by atoms with Crippen molar-refractivity contribution >= 4 is 12.0 Å². The van der Waals surface area contributed by atoms with E-state index in [4.69, 9.17) is 4.74 Å². The Kier molecular flexibility index (Phi) is 5.11. The second kappa shape index (κ2) is 7.29. The minimum Gasteiger partial charge on any atom is -0.493 e. The van der Waals surface area contributed by atoms with E-state index in [1.165, 1.54) is 12.1 Å². The Balaban J connectivity index is 1.74. The van der Waals surface area contributed by atoms with Crippen LogP contribution in [0.25, 0.3) is 0 Å². The van der Waals surface area contributed by atoms with Gasteiger partial charge in [0.05, 0.1) is 18.6 Å². The van der Waals surface area contributed by atoms with Gasteiger partial charge in [0.25, 0.3) is 0 Å². The molecule has 2 aliphatic heterocycles. The first kappa shape index (κ1) is 17.5. The molecule has 7 heteroatoms. The molecule has 2 N–H and O–H groups in total. The summed E-state index contributed by atoms with van der Waals surface area (Å²) in [5, 5.41) is 12.2. The number of halogens is 1. The van der Waals surface area contributed by atoms with Crippen LogP contribution in [0.5, 0.6) is 5.75 Å². The highest BCUT2D eigenvalue weighted by Crippen LogP contribution is 2.32. The molecule has 2 amide bonds. The van der Waals surface area contributed by atoms with Crippen molar-refractivity contribution in [3.63, 3.8) is 0 Å². The first-order valence-electron chi connectivity index (χ1n) is 8.64. The highest BCUT2D eigenvalue weighted by molar-refractivity contribution is 5.77. The Labute approximate surface area is 146 Å². The minimum absolute atomic E-state index is 0.128. The molecule has 2 aliphatic rings. The molecule has 2 heterocycles. The van der Waals surface area contributed by atoms with Crippen LogP contribution in [-0.2, 0) is 4.79 Å². The third kappa shape index (κ3) is 4.03. The Hall–Kier alpha value is -2.31. The normalized spacial score (nSPS) is 26.2. The van der Waals surface area contributed by atoms with E-state index in [0.717, 1.165) is 6.42 Å². The number of rotatable bonds is 2. The molecule has 3 rings (SSSR count). The summed E-state index contributed by atoms with van der Waals surface area (Å²) in [4.78, 5) is 25.5. The molecule has 25 heavy (non-hydrogen) atoms. The zero-order chi connectivity index (χ0) is 18.0. The van der Waals surface area contributed by atoms with Gasteiger partial charge in [-0.1, -0.05) is 6.92 Å². The maximum Gasteiger partial charge on any atom is 0.317 e. The summed E-state index contributed by atoms with van der Waals surface area (Å²) in [6.07, 6.45) is 1.97. The van der Waals surface area contributed by atoms with Crippen LogP contribution in [0, 0.1) is 17.7 Å². The van der Waals surface area contributed by atoms with Crippen molar-refractivity contribution in [2.75, 3.05) is 19.7 Å². The second-order valence-corrected chi connectivity index (χ2v) is 6.96. The average molecular weight is 350 g/mol. The highest BCUT2D eigenvalue weighted by atomic mass is 19.1. The minimum atomic E-state index is -0.875. The Morgan fingerprint density at radius 2 is 2.16 bits per heavy atom. The highest BCUT2D eigenvalue weighted by Gasteiger charge is 2.33. The average Bonchev–Trinajstić information content (AvgIpc) is 2.76. The van der Waals surface area contributed by atoms with Crippen LogP contribution in [0.2, 0.25) is 0 Å². The van der Waals surface area contributed by atoms with E-state index in [1.54, 1.807) is 11.0 Å². The van der Waals surface area contributed by atoms with Crippen molar-refractivity contribution in [3.8, 4) is 5.75 Å². The molecular weight excluding hydrogens is 327 g/mol. The van der Waals surface area contributed by atoms with Gasteiger partial charge in [0.1, 0.15) is 11.6 Å². The van der Waals surface area contributed by atoms with Gasteiger partial charge >= 0.3 is 12.0 Å². The zero-order valence-electron chi connectivity index (χ0n) is 14.2. The van der Waals surface area contributed by atoms with Crippen molar-refractivity contribution in [1.29, 1.82) is 0 Å². The number of nitrogens with zero attached hydrogens (tertiary/aromatic N) is 1. The number of hydrogen-bond donors (Lipinski definition) is 2. The van der Waals surface area contributed by atoms with Crippen LogP contribution >= 0.6 is 0 Å². The van der Waals surface area contributed by atoms with Crippen LogP contribution in [0.3, 0.4) is 0 Å². The van der Waals surface area contributed by atoms with Gasteiger partial charge in [-0.15, -0.1) is 0 Å². The van der Waals surface area contributed by atoms with Crippen molar-refractivity contribution < 1.29 is 23.8 Å². The lowest BCUT2D eigenvalue weighted by atomic mass is 9.90. The summed E-state index contributed by atoms with van der Waals surface area (Å²) in [5.41, 5.74) is 0.630. The number of piperidine rings is 1. The van der Waals surface area contributed by atoms with Crippen LogP contribution in [0.4, 0.5) is 9.18 Å². The van der Waals surface area contributed by atoms with Gasteiger partial charge in [-0.3, -0.25) is 4.79 Å². The Morgan fingerprint density at radius 1 is 1.36 bits per heavy atom. The van der Waals surface area contributed by atoms with Crippen LogP contribution in [0.15, 0.2) is 18.2 Å². The number of carboxylic acid groups (broad SMARTS) is 1. The maximum absolute atomic E-state index is 13.6. The van der Waals surface area contributed by atoms with Crippen LogP contribution in [0.1, 0.15) is 37.8 Å². The standard InChI is InChI=1S/C18H23FN2O4/c1-11-7-12(17(22)23)10-21(9-11)18(24)20-15-3-2-6-25-16-5-4-13(19)8-14(15)16/h4-5,8,11-12,15H,2-3,6-7,9-10H2,1H3,(H,20,24)(H,22,23). The number of ether oxygens (including phenoxy) is 1. The first-order valence-corrected chi connectivity index (χ1v) is 8.64. The van der Waals surface area contributed by atoms with Crippen molar-refractivity contribution in [2.45, 2.75) is 32.2 Å². The van der Waals surface area contributed by atoms with E-state index < -0.39 is 11.9 Å². The number of fused-ring (bicyclic) bond motifs is 1. The van der Waals surface area contributed by atoms with E-state index in [1.807, 2.05) is 6.92 Å². The number of amides is 2. The van der Waals surface area contributed by atoms with Crippen LogP contribution < -0.4 is 10.1 Å². The van der Waals surface area contributed by atoms with Gasteiger partial charge in [-0.2, -0.15) is 0 Å². The molecule has 1 aromatic rings. The van der Waals surface area contributed by atoms with Gasteiger partial charge < -0.3 is 20.1 Å². The SMILES string of the molecule is CC1CC(C(=O)O)CN(C(=O)NC2CCCOc3ccc(F)cc32)C1. The molecule has 6 nitrogen and oxygen atoms in total. The number of nitrogens with one attached hydrogen (secondary N) is 1. The number of hydrogen-bond acceptors (Lipinski definition) is 3. The summed E-state index contributed by atoms with van der Waals surface area (Å²) in [5.74, 6) is -1.08. The fourth-order valence-corrected chi connectivity index (χ4v) is 3.63. The first-order chi connectivity index (χ1) is 11.9. The predicted octanol–water partition coefficient (Wildman–Crippen LogP) is 2.79. The quantitative estimate of drug-likeness (QED) is 0.860. The molecule has 136 valence electrons. The molecule has 1 fully saturated rings. The summed E-state index contributed by atoms with van der Waals surface area (Å²) in [6, 6.07) is 3.66. The van der Waals surface area contributed by atoms with Crippen molar-refractivity contribution in [3.05, 3.63) is 29.6 Å². The molecule has 0 spiro atoms. The number of carboxylic acids is 1. The molecule has 0 aromatic heterocycles. The smallest absolute Gasteiger partial charge is 0.317 e. The largest absolute Gasteiger partial charge is 0.493 e. The molecule has 3 unspecified atom stereocenters. The third-order valence-electron chi connectivity index (χ3n) is 4.84. The topological polar surface area (TPSA) is 78.9 Å². The van der Waals surface area contributed by atoms with E-state index in [9.17, 15) is 19.1 Å². The predicted molar refractivity (Wildman–Crippen MR) is 88.9 cm³/mol. The Bertz CT molecular complexity index is 666. The van der Waals surface area contributed by atoms with Gasteiger partial charge in [0.2, 0.25) is 0 Å². The lowest BCUT2D eigenvalue weighted by molar-refractivity contribution is -0.143. The van der Waals surface area contributed by atoms with Gasteiger partial charge in [-0.05, 0) is 43.4 Å². The fourth-order valence-electron chi connectivity index (χ4n) is 3.63. The monoisotopic (exact) mass is 350 g/mol. The third-order valence-corrected chi connectivity index (χ3v) is 4.84. The van der Waals surface area contributed by atoms with E-state index in [0.29, 0.717) is 37.3 Å². The summed E-state index contributed by atoms with van der Waals surface area (Å²) in [6.45, 7) is 3.19. The molecule has 1 aromatic carbocycles. The van der Waals surface area contributed by atoms with E-state index in [-0.39, 0.29) is 30.4 Å². The lowest BCUT2D eigenvalue weighted by Crippen LogP contribution is -2.50. The van der Waals surface area contributed by atoms with E-state index in [2.05, 4.69) is 5.32 Å². The molecule has 0 saturated carbocycles. The summed E-state index contributed by atoms with van der Waals surface area (Å²) >= 11 is 0. The second-order valence-electron chi connectivity index (χ2n) is 6.96. The maximum atomic E-state index is 13.6. The fraction of sp³-hybridized carbons (Fsp3) is 0.556. The number of aliphatic carboxylic acids is 1. The number of likely N-dealkylation sites (tertiary alicyclic amines) is 1. The zero-order valence-corrected chi connectivity index (χ0v) is 14.2. The molecule has 0 bridgehead atoms. The Morgan fingerprint density at radius 3 is 2.92 bits per heavy atom.